The zero-order valence-corrected chi connectivity index (χ0v) is 9.50. The van der Waals surface area contributed by atoms with Crippen LogP contribution in [0.15, 0.2) is 35.5 Å². The predicted octanol–water partition coefficient (Wildman–Crippen LogP) is 2.43. The Morgan fingerprint density at radius 1 is 1.24 bits per heavy atom. The Kier molecular flexibility index (Phi) is 3.75. The molecule has 4 heteroatoms. The number of hydrogen-bond acceptors (Lipinski definition) is 3. The lowest BCUT2D eigenvalue weighted by molar-refractivity contribution is -0.129. The van der Waals surface area contributed by atoms with Crippen molar-refractivity contribution in [3.63, 3.8) is 0 Å². The van der Waals surface area contributed by atoms with Gasteiger partial charge in [0.2, 0.25) is 0 Å². The summed E-state index contributed by atoms with van der Waals surface area (Å²) in [6.45, 7) is 0. The smallest absolute Gasteiger partial charge is 0.358 e. The van der Waals surface area contributed by atoms with Gasteiger partial charge in [-0.15, -0.1) is 0 Å². The molecule has 0 unspecified atom stereocenters. The highest BCUT2D eigenvalue weighted by atomic mass is 16.6. The Morgan fingerprint density at radius 2 is 1.88 bits per heavy atom. The number of carboxylic acids is 1. The maximum Gasteiger partial charge on any atom is 0.358 e. The highest BCUT2D eigenvalue weighted by Crippen LogP contribution is 2.21. The Labute approximate surface area is 99.9 Å². The Hall–Kier alpha value is -1.84. The van der Waals surface area contributed by atoms with Crippen molar-refractivity contribution in [1.29, 1.82) is 0 Å². The van der Waals surface area contributed by atoms with Crippen LogP contribution in [-0.4, -0.2) is 22.9 Å². The van der Waals surface area contributed by atoms with E-state index in [1.807, 2.05) is 6.07 Å². The minimum Gasteiger partial charge on any atom is -0.476 e. The van der Waals surface area contributed by atoms with Crippen molar-refractivity contribution in [2.75, 3.05) is 0 Å². The molecule has 2 rings (SSSR count). The van der Waals surface area contributed by atoms with Gasteiger partial charge in [-0.2, -0.15) is 0 Å². The van der Waals surface area contributed by atoms with Crippen molar-refractivity contribution in [3.05, 3.63) is 35.9 Å². The van der Waals surface area contributed by atoms with Crippen LogP contribution in [0.4, 0.5) is 0 Å². The molecule has 17 heavy (non-hydrogen) atoms. The molecule has 0 aromatic heterocycles. The monoisotopic (exact) mass is 233 g/mol. The molecule has 90 valence electrons. The molecule has 1 aromatic carbocycles. The quantitative estimate of drug-likeness (QED) is 0.641. The molecule has 0 amide bonds. The third kappa shape index (κ3) is 3.06. The summed E-state index contributed by atoms with van der Waals surface area (Å²) in [5.41, 5.74) is 0.537. The largest absolute Gasteiger partial charge is 0.476 e. The first-order valence-corrected chi connectivity index (χ1v) is 5.80. The fraction of sp³-hybridized carbons (Fsp3) is 0.385. The first-order valence-electron chi connectivity index (χ1n) is 5.80. The summed E-state index contributed by atoms with van der Waals surface area (Å²) in [7, 11) is 0. The normalized spacial score (nSPS) is 17.1. The van der Waals surface area contributed by atoms with E-state index in [9.17, 15) is 4.79 Å². The van der Waals surface area contributed by atoms with Gasteiger partial charge in [0.05, 0.1) is 0 Å². The van der Waals surface area contributed by atoms with Crippen molar-refractivity contribution >= 4 is 11.7 Å². The summed E-state index contributed by atoms with van der Waals surface area (Å²) in [6.07, 6.45) is 4.27. The van der Waals surface area contributed by atoms with Gasteiger partial charge < -0.3 is 9.94 Å². The second kappa shape index (κ2) is 5.48. The van der Waals surface area contributed by atoms with Crippen LogP contribution in [0.1, 0.15) is 31.2 Å². The van der Waals surface area contributed by atoms with Crippen molar-refractivity contribution in [3.8, 4) is 0 Å². The van der Waals surface area contributed by atoms with Gasteiger partial charge in [-0.05, 0) is 25.7 Å². The fourth-order valence-corrected chi connectivity index (χ4v) is 1.93. The van der Waals surface area contributed by atoms with Gasteiger partial charge in [0.15, 0.2) is 5.71 Å². The van der Waals surface area contributed by atoms with E-state index in [2.05, 4.69) is 5.16 Å². The second-order valence-corrected chi connectivity index (χ2v) is 4.12. The number of rotatable bonds is 4. The molecule has 0 aliphatic heterocycles. The molecular formula is C13H15NO3. The number of oxime groups is 1. The molecule has 4 nitrogen and oxygen atoms in total. The van der Waals surface area contributed by atoms with Gasteiger partial charge in [-0.1, -0.05) is 35.5 Å². The van der Waals surface area contributed by atoms with E-state index < -0.39 is 5.97 Å². The zero-order chi connectivity index (χ0) is 12.1. The predicted molar refractivity (Wildman–Crippen MR) is 64.0 cm³/mol. The summed E-state index contributed by atoms with van der Waals surface area (Å²) in [4.78, 5) is 16.4. The lowest BCUT2D eigenvalue weighted by Crippen LogP contribution is -2.16. The van der Waals surface area contributed by atoms with E-state index in [4.69, 9.17) is 9.94 Å². The van der Waals surface area contributed by atoms with Crippen LogP contribution in [0.3, 0.4) is 0 Å². The van der Waals surface area contributed by atoms with E-state index >= 15 is 0 Å². The summed E-state index contributed by atoms with van der Waals surface area (Å²) < 4.78 is 0. The summed E-state index contributed by atoms with van der Waals surface area (Å²) in [5.74, 6) is -1.06. The molecule has 1 N–H and O–H groups in total. The standard InChI is InChI=1S/C13H15NO3/c15-13(16)12(10-6-2-1-3-7-10)14-17-11-8-4-5-9-11/h1-3,6-7,11H,4-5,8-9H2,(H,15,16)/b14-12-. The Bertz CT molecular complexity index is 408. The van der Waals surface area contributed by atoms with E-state index in [0.717, 1.165) is 25.7 Å². The van der Waals surface area contributed by atoms with E-state index in [-0.39, 0.29) is 11.8 Å². The van der Waals surface area contributed by atoms with Crippen LogP contribution >= 0.6 is 0 Å². The lowest BCUT2D eigenvalue weighted by Gasteiger charge is -2.07. The summed E-state index contributed by atoms with van der Waals surface area (Å²) >= 11 is 0. The fourth-order valence-electron chi connectivity index (χ4n) is 1.93. The minimum absolute atomic E-state index is 0.0301. The molecule has 1 aliphatic rings. The number of carbonyl (C=O) groups is 1. The third-order valence-corrected chi connectivity index (χ3v) is 2.85. The van der Waals surface area contributed by atoms with E-state index in [1.165, 1.54) is 0 Å². The molecular weight excluding hydrogens is 218 g/mol. The maximum atomic E-state index is 11.1. The molecule has 0 bridgehead atoms. The average Bonchev–Trinajstić information content (AvgIpc) is 2.83. The van der Waals surface area contributed by atoms with Gasteiger partial charge in [0.1, 0.15) is 6.10 Å². The lowest BCUT2D eigenvalue weighted by atomic mass is 10.1. The number of nitrogens with zero attached hydrogens (tertiary/aromatic N) is 1. The van der Waals surface area contributed by atoms with Crippen LogP contribution in [0.2, 0.25) is 0 Å². The minimum atomic E-state index is -1.06. The van der Waals surface area contributed by atoms with Crippen molar-refractivity contribution in [2.24, 2.45) is 5.16 Å². The highest BCUT2D eigenvalue weighted by Gasteiger charge is 2.18. The third-order valence-electron chi connectivity index (χ3n) is 2.85. The van der Waals surface area contributed by atoms with Crippen molar-refractivity contribution in [1.82, 2.24) is 0 Å². The van der Waals surface area contributed by atoms with Gasteiger partial charge in [-0.3, -0.25) is 0 Å². The van der Waals surface area contributed by atoms with Crippen molar-refractivity contribution < 1.29 is 14.7 Å². The van der Waals surface area contributed by atoms with Crippen LogP contribution in [0.25, 0.3) is 0 Å². The Morgan fingerprint density at radius 3 is 2.47 bits per heavy atom. The van der Waals surface area contributed by atoms with Gasteiger partial charge >= 0.3 is 5.97 Å². The van der Waals surface area contributed by atoms with E-state index in [1.54, 1.807) is 24.3 Å². The van der Waals surface area contributed by atoms with E-state index in [0.29, 0.717) is 5.56 Å². The van der Waals surface area contributed by atoms with Crippen molar-refractivity contribution in [2.45, 2.75) is 31.8 Å². The molecule has 0 heterocycles. The molecule has 0 atom stereocenters. The van der Waals surface area contributed by atoms with Gasteiger partial charge in [0, 0.05) is 5.56 Å². The average molecular weight is 233 g/mol. The first kappa shape index (κ1) is 11.6. The molecule has 0 saturated heterocycles. The van der Waals surface area contributed by atoms with Gasteiger partial charge in [0.25, 0.3) is 0 Å². The topological polar surface area (TPSA) is 58.9 Å². The van der Waals surface area contributed by atoms with Crippen LogP contribution in [0.5, 0.6) is 0 Å². The molecule has 0 radical (unpaired) electrons. The highest BCUT2D eigenvalue weighted by molar-refractivity contribution is 6.42. The zero-order valence-electron chi connectivity index (χ0n) is 9.50. The van der Waals surface area contributed by atoms with Crippen LogP contribution < -0.4 is 0 Å². The summed E-state index contributed by atoms with van der Waals surface area (Å²) in [6, 6.07) is 8.82. The summed E-state index contributed by atoms with van der Waals surface area (Å²) in [5, 5.41) is 12.9. The number of hydrogen-bond donors (Lipinski definition) is 1. The molecule has 1 saturated carbocycles. The maximum absolute atomic E-state index is 11.1. The molecule has 1 aromatic rings. The number of carboxylic acid groups (broad SMARTS) is 1. The van der Waals surface area contributed by atoms with Crippen LogP contribution in [0, 0.1) is 0 Å². The Balaban J connectivity index is 2.11. The second-order valence-electron chi connectivity index (χ2n) is 4.12. The number of aliphatic carboxylic acids is 1. The van der Waals surface area contributed by atoms with Crippen LogP contribution in [-0.2, 0) is 9.63 Å². The first-order chi connectivity index (χ1) is 8.27. The SMILES string of the molecule is O=C(O)/C(=N\OC1CCCC1)c1ccccc1. The van der Waals surface area contributed by atoms with Gasteiger partial charge in [-0.25, -0.2) is 4.79 Å². The number of benzene rings is 1. The molecule has 1 fully saturated rings. The molecule has 1 aliphatic carbocycles. The molecule has 0 spiro atoms.